The molecule has 1 N–H and O–H groups in total. The van der Waals surface area contributed by atoms with Gasteiger partial charge in [-0.3, -0.25) is 14.4 Å². The molecule has 0 spiro atoms. The Morgan fingerprint density at radius 1 is 1.00 bits per heavy atom. The molecule has 0 radical (unpaired) electrons. The van der Waals surface area contributed by atoms with Gasteiger partial charge in [-0.05, 0) is 24.3 Å². The van der Waals surface area contributed by atoms with E-state index >= 15 is 0 Å². The molecule has 1 saturated heterocycles. The zero-order chi connectivity index (χ0) is 19.0. The molecule has 6 nitrogen and oxygen atoms in total. The topological polar surface area (TPSA) is 75.7 Å². The summed E-state index contributed by atoms with van der Waals surface area (Å²) in [6.07, 6.45) is 1.66. The Morgan fingerprint density at radius 2 is 1.63 bits per heavy atom. The third kappa shape index (κ3) is 3.24. The Hall–Kier alpha value is -2.97. The van der Waals surface area contributed by atoms with E-state index < -0.39 is 0 Å². The quantitative estimate of drug-likeness (QED) is 0.487. The predicted octanol–water partition coefficient (Wildman–Crippen LogP) is 2.81. The largest absolute Gasteiger partial charge is 0.472 e. The number of hydrogen-bond donors (Lipinski definition) is 1. The number of carbonyl (C=O) groups is 3. The van der Waals surface area contributed by atoms with Crippen molar-refractivity contribution in [2.24, 2.45) is 0 Å². The van der Waals surface area contributed by atoms with E-state index in [9.17, 15) is 14.4 Å². The average molecular weight is 396 g/mol. The highest BCUT2D eigenvalue weighted by Crippen LogP contribution is 2.30. The summed E-state index contributed by atoms with van der Waals surface area (Å²) >= 11 is 6.15. The number of thioether (sulfide) groups is 1. The van der Waals surface area contributed by atoms with E-state index in [1.807, 2.05) is 0 Å². The summed E-state index contributed by atoms with van der Waals surface area (Å²) in [6, 6.07) is 13.7. The Labute approximate surface area is 164 Å². The van der Waals surface area contributed by atoms with Crippen LogP contribution in [-0.4, -0.2) is 33.7 Å². The van der Waals surface area contributed by atoms with Crippen LogP contribution >= 0.6 is 24.0 Å². The van der Waals surface area contributed by atoms with Crippen LogP contribution in [0.15, 0.2) is 53.4 Å². The number of hydrogen-bond acceptors (Lipinski definition) is 6. The van der Waals surface area contributed by atoms with Crippen molar-refractivity contribution >= 4 is 52.1 Å². The van der Waals surface area contributed by atoms with Gasteiger partial charge in [-0.25, -0.2) is 4.90 Å². The molecule has 0 bridgehead atoms. The summed E-state index contributed by atoms with van der Waals surface area (Å²) in [5, 5.41) is 2.55. The molecule has 3 amide bonds. The fourth-order valence-corrected chi connectivity index (χ4v) is 3.82. The minimum Gasteiger partial charge on any atom is -0.472 e. The van der Waals surface area contributed by atoms with E-state index in [1.54, 1.807) is 54.6 Å². The molecule has 1 fully saturated rings. The van der Waals surface area contributed by atoms with Crippen molar-refractivity contribution in [1.29, 1.82) is 0 Å². The van der Waals surface area contributed by atoms with Crippen molar-refractivity contribution < 1.29 is 19.1 Å². The van der Waals surface area contributed by atoms with Crippen molar-refractivity contribution in [1.82, 2.24) is 10.2 Å². The van der Waals surface area contributed by atoms with Gasteiger partial charge in [-0.15, -0.1) is 0 Å². The smallest absolute Gasteiger partial charge is 0.264 e. The van der Waals surface area contributed by atoms with Crippen LogP contribution in [0.3, 0.4) is 0 Å². The van der Waals surface area contributed by atoms with Gasteiger partial charge >= 0.3 is 0 Å². The maximum Gasteiger partial charge on any atom is 0.264 e. The Morgan fingerprint density at radius 3 is 2.26 bits per heavy atom. The van der Waals surface area contributed by atoms with Crippen molar-refractivity contribution in [2.75, 3.05) is 6.73 Å². The number of nitrogens with zero attached hydrogens (tertiary/aromatic N) is 1. The van der Waals surface area contributed by atoms with Gasteiger partial charge in [0.15, 0.2) is 6.73 Å². The lowest BCUT2D eigenvalue weighted by molar-refractivity contribution is -0.115. The molecule has 0 atom stereocenters. The zero-order valence-electron chi connectivity index (χ0n) is 13.8. The number of imide groups is 1. The van der Waals surface area contributed by atoms with Crippen LogP contribution < -0.4 is 10.1 Å². The van der Waals surface area contributed by atoms with E-state index in [0.717, 1.165) is 4.90 Å². The number of benzene rings is 2. The predicted molar refractivity (Wildman–Crippen MR) is 105 cm³/mol. The first-order chi connectivity index (χ1) is 13.0. The maximum absolute atomic E-state index is 12.4. The number of ether oxygens (including phenoxy) is 1. The highest BCUT2D eigenvalue weighted by molar-refractivity contribution is 8.26. The molecule has 0 aliphatic carbocycles. The van der Waals surface area contributed by atoms with E-state index in [2.05, 4.69) is 5.32 Å². The number of thiocarbonyl (C=S) groups is 1. The summed E-state index contributed by atoms with van der Waals surface area (Å²) in [4.78, 5) is 38.2. The second-order valence-electron chi connectivity index (χ2n) is 5.75. The highest BCUT2D eigenvalue weighted by Gasteiger charge is 2.35. The molecular formula is C19H12N2O4S2. The minimum absolute atomic E-state index is 0.218. The van der Waals surface area contributed by atoms with Crippen LogP contribution in [0.25, 0.3) is 6.08 Å². The molecule has 27 heavy (non-hydrogen) atoms. The van der Waals surface area contributed by atoms with Gasteiger partial charge in [0.2, 0.25) is 0 Å². The first kappa shape index (κ1) is 17.4. The summed E-state index contributed by atoms with van der Waals surface area (Å²) < 4.78 is 6.13. The maximum atomic E-state index is 12.4. The van der Waals surface area contributed by atoms with E-state index in [0.29, 0.717) is 31.7 Å². The third-order valence-corrected chi connectivity index (χ3v) is 5.24. The van der Waals surface area contributed by atoms with Crippen LogP contribution in [0.4, 0.5) is 0 Å². The monoisotopic (exact) mass is 396 g/mol. The molecule has 4 rings (SSSR count). The summed E-state index contributed by atoms with van der Waals surface area (Å²) in [7, 11) is 0. The van der Waals surface area contributed by atoms with E-state index in [1.165, 1.54) is 11.8 Å². The fourth-order valence-electron chi connectivity index (χ4n) is 2.78. The minimum atomic E-state index is -0.387. The van der Waals surface area contributed by atoms with Gasteiger partial charge in [-0.1, -0.05) is 54.3 Å². The van der Waals surface area contributed by atoms with E-state index in [-0.39, 0.29) is 24.5 Å². The van der Waals surface area contributed by atoms with Gasteiger partial charge in [-0.2, -0.15) is 0 Å². The molecule has 2 aliphatic heterocycles. The number of para-hydroxylation sites is 1. The number of nitrogens with one attached hydrogen (secondary N) is 1. The Kier molecular flexibility index (Phi) is 4.51. The lowest BCUT2D eigenvalue weighted by atomic mass is 10.1. The Bertz CT molecular complexity index is 997. The number of rotatable bonds is 4. The van der Waals surface area contributed by atoms with Crippen molar-refractivity contribution in [3.63, 3.8) is 0 Å². The standard InChI is InChI=1S/C19H12N2O4S2/c22-16-15(27-19(26)20-16)9-11-5-1-4-8-14(11)25-10-21-17(23)12-6-2-3-7-13(12)18(21)24/h1-9H,10H2,(H,20,22,26)/b15-9-. The second kappa shape index (κ2) is 6.98. The first-order valence-electron chi connectivity index (χ1n) is 7.96. The highest BCUT2D eigenvalue weighted by atomic mass is 32.2. The van der Waals surface area contributed by atoms with Crippen LogP contribution in [-0.2, 0) is 4.79 Å². The normalized spacial score (nSPS) is 17.5. The van der Waals surface area contributed by atoms with Gasteiger partial charge in [0.25, 0.3) is 17.7 Å². The molecule has 0 unspecified atom stereocenters. The SMILES string of the molecule is O=C1NC(=S)S/C1=C\c1ccccc1OCN1C(=O)c2ccccc2C1=O. The van der Waals surface area contributed by atoms with Crippen molar-refractivity contribution in [2.45, 2.75) is 0 Å². The number of amides is 3. The lowest BCUT2D eigenvalue weighted by Crippen LogP contribution is -2.33. The van der Waals surface area contributed by atoms with Gasteiger partial charge in [0.05, 0.1) is 16.0 Å². The summed E-state index contributed by atoms with van der Waals surface area (Å²) in [5.41, 5.74) is 1.39. The van der Waals surface area contributed by atoms with Gasteiger partial charge in [0.1, 0.15) is 10.1 Å². The molecule has 2 aliphatic rings. The molecule has 0 aromatic heterocycles. The molecule has 2 aromatic carbocycles. The fraction of sp³-hybridized carbons (Fsp3) is 0.0526. The third-order valence-electron chi connectivity index (χ3n) is 4.07. The molecule has 2 heterocycles. The van der Waals surface area contributed by atoms with Crippen LogP contribution in [0.5, 0.6) is 5.75 Å². The van der Waals surface area contributed by atoms with Crippen molar-refractivity contribution in [3.8, 4) is 5.75 Å². The lowest BCUT2D eigenvalue weighted by Gasteiger charge is -2.16. The molecular weight excluding hydrogens is 384 g/mol. The van der Waals surface area contributed by atoms with Gasteiger partial charge < -0.3 is 10.1 Å². The van der Waals surface area contributed by atoms with Crippen molar-refractivity contribution in [3.05, 3.63) is 70.1 Å². The van der Waals surface area contributed by atoms with Gasteiger partial charge in [0, 0.05) is 5.56 Å². The number of carbonyl (C=O) groups excluding carboxylic acids is 3. The summed E-state index contributed by atoms with van der Waals surface area (Å²) in [6.45, 7) is -0.218. The summed E-state index contributed by atoms with van der Waals surface area (Å²) in [5.74, 6) is -0.585. The van der Waals surface area contributed by atoms with Crippen LogP contribution in [0.2, 0.25) is 0 Å². The van der Waals surface area contributed by atoms with Crippen LogP contribution in [0.1, 0.15) is 26.3 Å². The Balaban J connectivity index is 1.54. The number of fused-ring (bicyclic) bond motifs is 1. The molecule has 0 saturated carbocycles. The molecule has 134 valence electrons. The molecule has 8 heteroatoms. The molecule has 2 aromatic rings. The van der Waals surface area contributed by atoms with E-state index in [4.69, 9.17) is 17.0 Å². The second-order valence-corrected chi connectivity index (χ2v) is 7.47. The first-order valence-corrected chi connectivity index (χ1v) is 9.19. The average Bonchev–Trinajstić information content (AvgIpc) is 3.11. The zero-order valence-corrected chi connectivity index (χ0v) is 15.4. The van der Waals surface area contributed by atoms with Crippen LogP contribution in [0, 0.1) is 0 Å².